The summed E-state index contributed by atoms with van der Waals surface area (Å²) in [5.74, 6) is -2.40. The standard InChI is InChI=1S/C26H23FN2O5S/c1-4-12-34-19-7-5-6-17(13-19)21-20(22(31)16-8-10-18(27)11-9-16)23(32)25(33)29(21)26-28-14(2)24(35-26)15(3)30/h5-11,13,21,31H,4,12H2,1-3H3. The minimum Gasteiger partial charge on any atom is -0.507 e. The molecule has 1 aliphatic rings. The highest BCUT2D eigenvalue weighted by molar-refractivity contribution is 7.18. The summed E-state index contributed by atoms with van der Waals surface area (Å²) in [6.07, 6.45) is 0.791. The van der Waals surface area contributed by atoms with E-state index in [1.54, 1.807) is 31.2 Å². The lowest BCUT2D eigenvalue weighted by atomic mass is 9.95. The van der Waals surface area contributed by atoms with Crippen LogP contribution in [-0.4, -0.2) is 34.2 Å². The second-order valence-electron chi connectivity index (χ2n) is 8.06. The van der Waals surface area contributed by atoms with Gasteiger partial charge in [0, 0.05) is 12.5 Å². The number of nitrogens with zero attached hydrogens (tertiary/aromatic N) is 2. The monoisotopic (exact) mass is 494 g/mol. The van der Waals surface area contributed by atoms with Crippen LogP contribution in [0.25, 0.3) is 5.76 Å². The van der Waals surface area contributed by atoms with Crippen LogP contribution in [0.15, 0.2) is 54.1 Å². The number of halogens is 1. The topological polar surface area (TPSA) is 96.8 Å². The Kier molecular flexibility index (Phi) is 6.79. The van der Waals surface area contributed by atoms with Crippen molar-refractivity contribution in [1.29, 1.82) is 0 Å². The van der Waals surface area contributed by atoms with E-state index in [9.17, 15) is 23.9 Å². The molecule has 1 atom stereocenters. The van der Waals surface area contributed by atoms with Gasteiger partial charge in [0.15, 0.2) is 10.9 Å². The molecular weight excluding hydrogens is 471 g/mol. The van der Waals surface area contributed by atoms with Gasteiger partial charge in [0.2, 0.25) is 0 Å². The second-order valence-corrected chi connectivity index (χ2v) is 9.04. The fraction of sp³-hybridized carbons (Fsp3) is 0.231. The number of amides is 1. The molecule has 0 spiro atoms. The van der Waals surface area contributed by atoms with Crippen LogP contribution in [0.2, 0.25) is 0 Å². The van der Waals surface area contributed by atoms with Crippen molar-refractivity contribution in [3.63, 3.8) is 0 Å². The van der Waals surface area contributed by atoms with Gasteiger partial charge in [-0.25, -0.2) is 9.37 Å². The summed E-state index contributed by atoms with van der Waals surface area (Å²) >= 11 is 1.01. The number of hydrogen-bond acceptors (Lipinski definition) is 7. The van der Waals surface area contributed by atoms with Gasteiger partial charge < -0.3 is 9.84 Å². The van der Waals surface area contributed by atoms with Gasteiger partial charge in [-0.05, 0) is 55.3 Å². The van der Waals surface area contributed by atoms with Crippen LogP contribution < -0.4 is 9.64 Å². The fourth-order valence-electron chi connectivity index (χ4n) is 3.91. The minimum atomic E-state index is -1.03. The predicted molar refractivity (Wildman–Crippen MR) is 130 cm³/mol. The second kappa shape index (κ2) is 9.79. The fourth-order valence-corrected chi connectivity index (χ4v) is 4.90. The van der Waals surface area contributed by atoms with E-state index >= 15 is 0 Å². The number of carbonyl (C=O) groups is 3. The summed E-state index contributed by atoms with van der Waals surface area (Å²) in [6.45, 7) is 5.50. The van der Waals surface area contributed by atoms with Gasteiger partial charge in [-0.2, -0.15) is 0 Å². The molecule has 0 aliphatic carbocycles. The maximum atomic E-state index is 13.5. The average molecular weight is 495 g/mol. The molecule has 1 aromatic heterocycles. The van der Waals surface area contributed by atoms with Crippen LogP contribution in [0.1, 0.15) is 52.8 Å². The Bertz CT molecular complexity index is 1350. The average Bonchev–Trinajstić information content (AvgIpc) is 3.35. The van der Waals surface area contributed by atoms with Crippen molar-refractivity contribution >= 4 is 39.7 Å². The molecule has 2 aromatic carbocycles. The lowest BCUT2D eigenvalue weighted by Crippen LogP contribution is -2.29. The highest BCUT2D eigenvalue weighted by Gasteiger charge is 2.48. The van der Waals surface area contributed by atoms with E-state index in [0.717, 1.165) is 29.9 Å². The molecule has 0 bridgehead atoms. The zero-order chi connectivity index (χ0) is 25.3. The SMILES string of the molecule is CCCOc1cccc(C2C(=C(O)c3ccc(F)cc3)C(=O)C(=O)N2c2nc(C)c(C(C)=O)s2)c1. The zero-order valence-electron chi connectivity index (χ0n) is 19.4. The molecule has 35 heavy (non-hydrogen) atoms. The lowest BCUT2D eigenvalue weighted by Gasteiger charge is -2.23. The number of ketones is 2. The van der Waals surface area contributed by atoms with E-state index in [1.807, 2.05) is 6.92 Å². The van der Waals surface area contributed by atoms with Crippen LogP contribution in [0, 0.1) is 12.7 Å². The molecule has 1 amide bonds. The Morgan fingerprint density at radius 2 is 1.91 bits per heavy atom. The number of aryl methyl sites for hydroxylation is 1. The van der Waals surface area contributed by atoms with Crippen LogP contribution in [0.5, 0.6) is 5.75 Å². The molecule has 3 aromatic rings. The van der Waals surface area contributed by atoms with Crippen LogP contribution in [0.4, 0.5) is 9.52 Å². The van der Waals surface area contributed by atoms with Crippen LogP contribution in [0.3, 0.4) is 0 Å². The molecule has 1 unspecified atom stereocenters. The highest BCUT2D eigenvalue weighted by Crippen LogP contribution is 2.44. The van der Waals surface area contributed by atoms with Crippen molar-refractivity contribution < 1.29 is 28.6 Å². The first-order valence-corrected chi connectivity index (χ1v) is 11.8. The Balaban J connectivity index is 1.92. The first kappa shape index (κ1) is 24.3. The van der Waals surface area contributed by atoms with Crippen molar-refractivity contribution in [3.8, 4) is 5.75 Å². The maximum absolute atomic E-state index is 13.5. The van der Waals surface area contributed by atoms with Gasteiger partial charge in [-0.1, -0.05) is 30.4 Å². The van der Waals surface area contributed by atoms with E-state index < -0.39 is 29.3 Å². The van der Waals surface area contributed by atoms with Crippen molar-refractivity contribution in [1.82, 2.24) is 4.98 Å². The highest BCUT2D eigenvalue weighted by atomic mass is 32.1. The number of aliphatic hydroxyl groups is 1. The number of carbonyl (C=O) groups excluding carboxylic acids is 3. The number of ether oxygens (including phenoxy) is 1. The normalized spacial score (nSPS) is 17.1. The summed E-state index contributed by atoms with van der Waals surface area (Å²) in [5.41, 5.74) is 0.981. The summed E-state index contributed by atoms with van der Waals surface area (Å²) in [6, 6.07) is 10.8. The van der Waals surface area contributed by atoms with E-state index in [-0.39, 0.29) is 22.1 Å². The maximum Gasteiger partial charge on any atom is 0.301 e. The molecule has 0 saturated carbocycles. The van der Waals surface area contributed by atoms with Crippen molar-refractivity contribution in [3.05, 3.63) is 81.6 Å². The Morgan fingerprint density at radius 3 is 2.54 bits per heavy atom. The molecule has 7 nitrogen and oxygen atoms in total. The van der Waals surface area contributed by atoms with E-state index in [1.165, 1.54) is 24.0 Å². The molecule has 2 heterocycles. The van der Waals surface area contributed by atoms with E-state index in [4.69, 9.17) is 4.74 Å². The Labute approximate surface area is 205 Å². The van der Waals surface area contributed by atoms with E-state index in [2.05, 4.69) is 4.98 Å². The van der Waals surface area contributed by atoms with Gasteiger partial charge in [0.25, 0.3) is 5.78 Å². The molecule has 4 rings (SSSR count). The molecular formula is C26H23FN2O5S. The third-order valence-corrected chi connectivity index (χ3v) is 6.78. The molecule has 1 saturated heterocycles. The van der Waals surface area contributed by atoms with Crippen molar-refractivity contribution in [2.45, 2.75) is 33.2 Å². The number of aromatic nitrogens is 1. The number of aliphatic hydroxyl groups excluding tert-OH is 1. The van der Waals surface area contributed by atoms with Gasteiger partial charge in [-0.15, -0.1) is 0 Å². The Hall–Kier alpha value is -3.85. The third-order valence-electron chi connectivity index (χ3n) is 5.52. The van der Waals surface area contributed by atoms with Gasteiger partial charge in [0.1, 0.15) is 17.3 Å². The smallest absolute Gasteiger partial charge is 0.301 e. The van der Waals surface area contributed by atoms with E-state index in [0.29, 0.717) is 28.5 Å². The molecule has 1 N–H and O–H groups in total. The molecule has 9 heteroatoms. The first-order valence-electron chi connectivity index (χ1n) is 11.0. The number of benzene rings is 2. The summed E-state index contributed by atoms with van der Waals surface area (Å²) in [5, 5.41) is 11.3. The van der Waals surface area contributed by atoms with Crippen LogP contribution >= 0.6 is 11.3 Å². The van der Waals surface area contributed by atoms with Gasteiger partial charge in [0.05, 0.1) is 28.8 Å². The number of rotatable bonds is 7. The zero-order valence-corrected chi connectivity index (χ0v) is 20.2. The van der Waals surface area contributed by atoms with Gasteiger partial charge in [-0.3, -0.25) is 19.3 Å². The summed E-state index contributed by atoms with van der Waals surface area (Å²) in [4.78, 5) is 44.5. The number of Topliss-reactive ketones (excluding diaryl/α,β-unsaturated/α-hetero) is 2. The largest absolute Gasteiger partial charge is 0.507 e. The van der Waals surface area contributed by atoms with Crippen molar-refractivity contribution in [2.75, 3.05) is 11.5 Å². The lowest BCUT2D eigenvalue weighted by molar-refractivity contribution is -0.132. The minimum absolute atomic E-state index is 0.161. The first-order chi connectivity index (χ1) is 16.7. The molecule has 1 fully saturated rings. The summed E-state index contributed by atoms with van der Waals surface area (Å²) < 4.78 is 19.2. The third kappa shape index (κ3) is 4.59. The molecule has 180 valence electrons. The summed E-state index contributed by atoms with van der Waals surface area (Å²) in [7, 11) is 0. The molecule has 0 radical (unpaired) electrons. The number of thiazole rings is 1. The van der Waals surface area contributed by atoms with Crippen LogP contribution in [-0.2, 0) is 9.59 Å². The number of hydrogen-bond donors (Lipinski definition) is 1. The van der Waals surface area contributed by atoms with Crippen molar-refractivity contribution in [2.24, 2.45) is 0 Å². The predicted octanol–water partition coefficient (Wildman–Crippen LogP) is 5.21. The molecule has 1 aliphatic heterocycles. The quantitative estimate of drug-likeness (QED) is 0.210. The van der Waals surface area contributed by atoms with Gasteiger partial charge >= 0.3 is 5.91 Å². The Morgan fingerprint density at radius 1 is 1.20 bits per heavy atom. The number of anilines is 1.